The predicted molar refractivity (Wildman–Crippen MR) is 96.5 cm³/mol. The molecule has 1 aliphatic rings. The van der Waals surface area contributed by atoms with Crippen LogP contribution in [0.3, 0.4) is 0 Å². The van der Waals surface area contributed by atoms with Crippen molar-refractivity contribution in [3.05, 3.63) is 30.6 Å². The third-order valence-corrected chi connectivity index (χ3v) is 5.06. The van der Waals surface area contributed by atoms with E-state index in [1.54, 1.807) is 10.9 Å². The Morgan fingerprint density at radius 1 is 1.17 bits per heavy atom. The Hall–Kier alpha value is -2.06. The van der Waals surface area contributed by atoms with Crippen LogP contribution in [0.1, 0.15) is 0 Å². The average molecular weight is 346 g/mol. The van der Waals surface area contributed by atoms with Crippen molar-refractivity contribution in [2.45, 2.75) is 5.16 Å². The fourth-order valence-corrected chi connectivity index (χ4v) is 3.24. The molecule has 1 aliphatic heterocycles. The number of hydrogen-bond acceptors (Lipinski definition) is 6. The number of likely N-dealkylation sites (N-methyl/N-ethyl adjacent to an activating group) is 1. The van der Waals surface area contributed by atoms with Gasteiger partial charge < -0.3 is 19.7 Å². The number of nitrogens with one attached hydrogen (secondary N) is 1. The predicted octanol–water partition coefficient (Wildman–Crippen LogP) is 1.30. The van der Waals surface area contributed by atoms with Gasteiger partial charge in [0.05, 0.1) is 5.75 Å². The highest BCUT2D eigenvalue weighted by Crippen LogP contribution is 2.20. The molecule has 0 spiro atoms. The Kier molecular flexibility index (Phi) is 5.37. The van der Waals surface area contributed by atoms with Gasteiger partial charge in [0, 0.05) is 44.6 Å². The number of nitrogens with zero attached hydrogens (tertiary/aromatic N) is 5. The molecule has 1 aromatic heterocycles. The number of rotatable bonds is 5. The molecule has 0 unspecified atom stereocenters. The first-order chi connectivity index (χ1) is 11.6. The molecule has 0 atom stereocenters. The second-order valence-corrected chi connectivity index (χ2v) is 6.84. The van der Waals surface area contributed by atoms with E-state index in [9.17, 15) is 4.79 Å². The Bertz CT molecular complexity index is 678. The molecule has 1 amide bonds. The van der Waals surface area contributed by atoms with Crippen molar-refractivity contribution in [1.29, 1.82) is 0 Å². The van der Waals surface area contributed by atoms with Crippen LogP contribution in [0.4, 0.5) is 11.4 Å². The van der Waals surface area contributed by atoms with Gasteiger partial charge in [0.2, 0.25) is 5.91 Å². The maximum Gasteiger partial charge on any atom is 0.234 e. The zero-order valence-corrected chi connectivity index (χ0v) is 14.8. The van der Waals surface area contributed by atoms with E-state index in [2.05, 4.69) is 44.5 Å². The lowest BCUT2D eigenvalue weighted by Crippen LogP contribution is -2.44. The van der Waals surface area contributed by atoms with Crippen LogP contribution in [0.2, 0.25) is 0 Å². The first kappa shape index (κ1) is 16.8. The lowest BCUT2D eigenvalue weighted by molar-refractivity contribution is -0.113. The number of anilines is 2. The van der Waals surface area contributed by atoms with E-state index >= 15 is 0 Å². The van der Waals surface area contributed by atoms with Crippen LogP contribution in [-0.4, -0.2) is 64.6 Å². The number of carbonyl (C=O) groups excluding carboxylic acids is 1. The largest absolute Gasteiger partial charge is 0.369 e. The first-order valence-corrected chi connectivity index (χ1v) is 8.90. The summed E-state index contributed by atoms with van der Waals surface area (Å²) < 4.78 is 1.79. The zero-order valence-electron chi connectivity index (χ0n) is 14.0. The molecule has 1 N–H and O–H groups in total. The summed E-state index contributed by atoms with van der Waals surface area (Å²) >= 11 is 1.37. The number of amides is 1. The van der Waals surface area contributed by atoms with Crippen molar-refractivity contribution in [3.8, 4) is 0 Å². The topological polar surface area (TPSA) is 66.3 Å². The minimum atomic E-state index is -0.0460. The summed E-state index contributed by atoms with van der Waals surface area (Å²) in [6.45, 7) is 4.24. The van der Waals surface area contributed by atoms with Crippen LogP contribution in [0, 0.1) is 0 Å². The highest BCUT2D eigenvalue weighted by molar-refractivity contribution is 7.99. The highest BCUT2D eigenvalue weighted by Gasteiger charge is 2.14. The summed E-state index contributed by atoms with van der Waals surface area (Å²) in [4.78, 5) is 16.7. The third-order valence-electron chi connectivity index (χ3n) is 4.02. The summed E-state index contributed by atoms with van der Waals surface area (Å²) in [5.41, 5.74) is 2.02. The molecule has 0 aliphatic carbocycles. The fraction of sp³-hybridized carbons (Fsp3) is 0.438. The fourth-order valence-electron chi connectivity index (χ4n) is 2.55. The molecule has 7 nitrogen and oxygen atoms in total. The second kappa shape index (κ2) is 7.67. The molecule has 1 fully saturated rings. The van der Waals surface area contributed by atoms with Crippen LogP contribution in [-0.2, 0) is 11.8 Å². The summed E-state index contributed by atoms with van der Waals surface area (Å²) in [5, 5.41) is 11.4. The van der Waals surface area contributed by atoms with Gasteiger partial charge in [0.1, 0.15) is 6.33 Å². The number of carbonyl (C=O) groups is 1. The quantitative estimate of drug-likeness (QED) is 0.823. The Labute approximate surface area is 146 Å². The van der Waals surface area contributed by atoms with Gasteiger partial charge in [-0.05, 0) is 31.3 Å². The van der Waals surface area contributed by atoms with Crippen molar-refractivity contribution < 1.29 is 4.79 Å². The maximum atomic E-state index is 12.0. The standard InChI is InChI=1S/C16H22N6OS/c1-20-7-9-22(10-8-20)14-5-3-13(4-6-14)18-15(23)11-24-16-19-17-12-21(16)2/h3-6,12H,7-11H2,1-2H3,(H,18,23). The van der Waals surface area contributed by atoms with E-state index in [1.807, 2.05) is 19.2 Å². The number of piperazine rings is 1. The molecule has 3 rings (SSSR count). The van der Waals surface area contributed by atoms with Crippen LogP contribution in [0.15, 0.2) is 35.7 Å². The minimum absolute atomic E-state index is 0.0460. The third kappa shape index (κ3) is 4.27. The van der Waals surface area contributed by atoms with Crippen molar-refractivity contribution in [1.82, 2.24) is 19.7 Å². The number of hydrogen-bond donors (Lipinski definition) is 1. The Morgan fingerprint density at radius 3 is 2.50 bits per heavy atom. The second-order valence-electron chi connectivity index (χ2n) is 5.90. The van der Waals surface area contributed by atoms with E-state index < -0.39 is 0 Å². The van der Waals surface area contributed by atoms with Gasteiger partial charge in [0.25, 0.3) is 0 Å². The summed E-state index contributed by atoms with van der Waals surface area (Å²) in [5.74, 6) is 0.266. The van der Waals surface area contributed by atoms with Crippen LogP contribution >= 0.6 is 11.8 Å². The average Bonchev–Trinajstić information content (AvgIpc) is 3.00. The molecule has 0 bridgehead atoms. The molecule has 24 heavy (non-hydrogen) atoms. The van der Waals surface area contributed by atoms with Crippen molar-refractivity contribution in [3.63, 3.8) is 0 Å². The van der Waals surface area contributed by atoms with Crippen LogP contribution < -0.4 is 10.2 Å². The van der Waals surface area contributed by atoms with E-state index in [4.69, 9.17) is 0 Å². The van der Waals surface area contributed by atoms with Crippen molar-refractivity contribution >= 4 is 29.0 Å². The normalized spacial score (nSPS) is 15.5. The first-order valence-electron chi connectivity index (χ1n) is 7.92. The number of thioether (sulfide) groups is 1. The monoisotopic (exact) mass is 346 g/mol. The summed E-state index contributed by atoms with van der Waals surface area (Å²) in [7, 11) is 4.01. The lowest BCUT2D eigenvalue weighted by atomic mass is 10.2. The number of benzene rings is 1. The molecule has 2 aromatic rings. The maximum absolute atomic E-state index is 12.0. The van der Waals surface area contributed by atoms with E-state index in [0.29, 0.717) is 5.75 Å². The van der Waals surface area contributed by atoms with Crippen molar-refractivity contribution in [2.75, 3.05) is 49.2 Å². The van der Waals surface area contributed by atoms with Gasteiger partial charge in [-0.25, -0.2) is 0 Å². The van der Waals surface area contributed by atoms with Crippen LogP contribution in [0.5, 0.6) is 0 Å². The smallest absolute Gasteiger partial charge is 0.234 e. The molecular formula is C16H22N6OS. The lowest BCUT2D eigenvalue weighted by Gasteiger charge is -2.34. The summed E-state index contributed by atoms with van der Waals surface area (Å²) in [6, 6.07) is 8.05. The van der Waals surface area contributed by atoms with E-state index in [1.165, 1.54) is 17.4 Å². The summed E-state index contributed by atoms with van der Waals surface area (Å²) in [6.07, 6.45) is 1.62. The SMILES string of the molecule is CN1CCN(c2ccc(NC(=O)CSc3nncn3C)cc2)CC1. The van der Waals surface area contributed by atoms with Gasteiger partial charge in [-0.1, -0.05) is 11.8 Å². The molecule has 0 saturated carbocycles. The number of aromatic nitrogens is 3. The van der Waals surface area contributed by atoms with E-state index in [-0.39, 0.29) is 5.91 Å². The van der Waals surface area contributed by atoms with Crippen LogP contribution in [0.25, 0.3) is 0 Å². The molecular weight excluding hydrogens is 324 g/mol. The Balaban J connectivity index is 1.50. The van der Waals surface area contributed by atoms with Gasteiger partial charge in [-0.2, -0.15) is 0 Å². The Morgan fingerprint density at radius 2 is 1.88 bits per heavy atom. The molecule has 2 heterocycles. The zero-order chi connectivity index (χ0) is 16.9. The van der Waals surface area contributed by atoms with Gasteiger partial charge in [0.15, 0.2) is 5.16 Å². The molecule has 0 radical (unpaired) electrons. The molecule has 1 aromatic carbocycles. The highest BCUT2D eigenvalue weighted by atomic mass is 32.2. The molecule has 8 heteroatoms. The van der Waals surface area contributed by atoms with Gasteiger partial charge in [-0.3, -0.25) is 4.79 Å². The number of aryl methyl sites for hydroxylation is 1. The van der Waals surface area contributed by atoms with Gasteiger partial charge in [-0.15, -0.1) is 10.2 Å². The van der Waals surface area contributed by atoms with E-state index in [0.717, 1.165) is 37.0 Å². The minimum Gasteiger partial charge on any atom is -0.369 e. The molecule has 1 saturated heterocycles. The van der Waals surface area contributed by atoms with Gasteiger partial charge >= 0.3 is 0 Å². The van der Waals surface area contributed by atoms with Crippen molar-refractivity contribution in [2.24, 2.45) is 7.05 Å². The molecule has 128 valence electrons.